The second-order valence-electron chi connectivity index (χ2n) is 6.93. The number of halogens is 2. The van der Waals surface area contributed by atoms with E-state index >= 15 is 0 Å². The quantitative estimate of drug-likeness (QED) is 0.486. The minimum Gasteiger partial charge on any atom is -0.396 e. The van der Waals surface area contributed by atoms with E-state index in [2.05, 4.69) is 15.6 Å². The number of hydrogen-bond acceptors (Lipinski definition) is 3. The van der Waals surface area contributed by atoms with E-state index in [0.717, 1.165) is 24.6 Å². The van der Waals surface area contributed by atoms with Crippen LogP contribution in [-0.4, -0.2) is 50.5 Å². The Balaban J connectivity index is 1.97. The Morgan fingerprint density at radius 3 is 2.77 bits per heavy atom. The number of aliphatic hydroxyl groups excluding tert-OH is 1. The molecule has 1 aromatic carbocycles. The van der Waals surface area contributed by atoms with Gasteiger partial charge >= 0.3 is 0 Å². The molecule has 146 valence electrons. The zero-order chi connectivity index (χ0) is 19.0. The molecule has 0 aromatic heterocycles. The molecule has 0 radical (unpaired) electrons. The van der Waals surface area contributed by atoms with Crippen LogP contribution in [0.2, 0.25) is 0 Å². The third-order valence-corrected chi connectivity index (χ3v) is 4.83. The Kier molecular flexibility index (Phi) is 7.78. The minimum atomic E-state index is -0.836. The van der Waals surface area contributed by atoms with E-state index in [1.807, 2.05) is 13.8 Å². The van der Waals surface area contributed by atoms with Crippen molar-refractivity contribution in [2.75, 3.05) is 39.5 Å². The fourth-order valence-corrected chi connectivity index (χ4v) is 3.06. The largest absolute Gasteiger partial charge is 0.396 e. The molecule has 2 atom stereocenters. The van der Waals surface area contributed by atoms with Crippen LogP contribution in [-0.2, 0) is 4.74 Å². The maximum absolute atomic E-state index is 13.4. The number of aliphatic imine (C=N–C) groups is 1. The highest BCUT2D eigenvalue weighted by atomic mass is 19.2. The van der Waals surface area contributed by atoms with Crippen LogP contribution in [0, 0.1) is 17.0 Å². The highest BCUT2D eigenvalue weighted by Gasteiger charge is 2.34. The molecule has 0 saturated carbocycles. The summed E-state index contributed by atoms with van der Waals surface area (Å²) in [6.07, 6.45) is 1.56. The first-order valence-electron chi connectivity index (χ1n) is 9.15. The van der Waals surface area contributed by atoms with Crippen LogP contribution in [0.3, 0.4) is 0 Å². The van der Waals surface area contributed by atoms with Gasteiger partial charge < -0.3 is 20.5 Å². The van der Waals surface area contributed by atoms with Gasteiger partial charge in [-0.2, -0.15) is 0 Å². The Morgan fingerprint density at radius 2 is 2.15 bits per heavy atom. The summed E-state index contributed by atoms with van der Waals surface area (Å²) in [5.74, 6) is -1.000. The first-order chi connectivity index (χ1) is 12.5. The molecule has 26 heavy (non-hydrogen) atoms. The van der Waals surface area contributed by atoms with Gasteiger partial charge in [-0.15, -0.1) is 0 Å². The Hall–Kier alpha value is -1.73. The highest BCUT2D eigenvalue weighted by molar-refractivity contribution is 5.79. The molecule has 1 aliphatic heterocycles. The van der Waals surface area contributed by atoms with Crippen LogP contribution in [0.5, 0.6) is 0 Å². The van der Waals surface area contributed by atoms with E-state index in [1.165, 1.54) is 6.07 Å². The summed E-state index contributed by atoms with van der Waals surface area (Å²) >= 11 is 0. The number of rotatable bonds is 8. The number of benzene rings is 1. The van der Waals surface area contributed by atoms with Gasteiger partial charge in [-0.3, -0.25) is 4.99 Å². The van der Waals surface area contributed by atoms with Crippen molar-refractivity contribution in [3.8, 4) is 0 Å². The first-order valence-corrected chi connectivity index (χ1v) is 9.15. The average molecular weight is 369 g/mol. The second-order valence-corrected chi connectivity index (χ2v) is 6.93. The monoisotopic (exact) mass is 369 g/mol. The van der Waals surface area contributed by atoms with Crippen LogP contribution < -0.4 is 10.6 Å². The molecule has 1 saturated heterocycles. The lowest BCUT2D eigenvalue weighted by Gasteiger charge is -2.25. The van der Waals surface area contributed by atoms with Crippen molar-refractivity contribution in [2.24, 2.45) is 10.4 Å². The van der Waals surface area contributed by atoms with Gasteiger partial charge in [0.15, 0.2) is 17.6 Å². The van der Waals surface area contributed by atoms with E-state index in [9.17, 15) is 13.9 Å². The molecule has 1 aromatic rings. The molecule has 1 heterocycles. The molecule has 0 spiro atoms. The number of guanidine groups is 1. The van der Waals surface area contributed by atoms with Crippen LogP contribution >= 0.6 is 0 Å². The molecule has 2 rings (SSSR count). The smallest absolute Gasteiger partial charge is 0.191 e. The molecule has 7 heteroatoms. The van der Waals surface area contributed by atoms with Gasteiger partial charge in [-0.05, 0) is 43.4 Å². The van der Waals surface area contributed by atoms with Crippen molar-refractivity contribution in [3.05, 3.63) is 35.4 Å². The van der Waals surface area contributed by atoms with Crippen LogP contribution in [0.25, 0.3) is 0 Å². The zero-order valence-electron chi connectivity index (χ0n) is 15.5. The summed E-state index contributed by atoms with van der Waals surface area (Å²) in [6, 6.07) is 3.98. The Morgan fingerprint density at radius 1 is 1.35 bits per heavy atom. The van der Waals surface area contributed by atoms with Gasteiger partial charge in [0, 0.05) is 31.7 Å². The maximum atomic E-state index is 13.4. The number of hydrogen-bond donors (Lipinski definition) is 3. The van der Waals surface area contributed by atoms with Crippen LogP contribution in [0.15, 0.2) is 23.2 Å². The van der Waals surface area contributed by atoms with Gasteiger partial charge in [0.1, 0.15) is 0 Å². The topological polar surface area (TPSA) is 65.9 Å². The number of nitrogens with one attached hydrogen (secondary N) is 2. The predicted molar refractivity (Wildman–Crippen MR) is 98.3 cm³/mol. The highest BCUT2D eigenvalue weighted by Crippen LogP contribution is 2.32. The standard InChI is InChI=1S/C19H29F2N3O2/c1-3-22-18(24-12-19(6-8-25)7-9-26-13-19)23-11-14(2)15-4-5-16(20)17(21)10-15/h4-5,10,14,25H,3,6-9,11-13H2,1-2H3,(H2,22,23,24). The molecule has 0 aliphatic carbocycles. The fourth-order valence-electron chi connectivity index (χ4n) is 3.06. The summed E-state index contributed by atoms with van der Waals surface area (Å²) in [4.78, 5) is 4.65. The molecule has 2 unspecified atom stereocenters. The van der Waals surface area contributed by atoms with Crippen molar-refractivity contribution >= 4 is 5.96 Å². The first kappa shape index (κ1) is 20.6. The van der Waals surface area contributed by atoms with E-state index in [-0.39, 0.29) is 17.9 Å². The number of nitrogens with zero attached hydrogens (tertiary/aromatic N) is 1. The summed E-state index contributed by atoms with van der Waals surface area (Å²) in [6.45, 7) is 7.20. The average Bonchev–Trinajstić information content (AvgIpc) is 3.08. The van der Waals surface area contributed by atoms with Crippen molar-refractivity contribution in [1.29, 1.82) is 0 Å². The van der Waals surface area contributed by atoms with Gasteiger partial charge in [0.25, 0.3) is 0 Å². The number of ether oxygens (including phenoxy) is 1. The fraction of sp³-hybridized carbons (Fsp3) is 0.632. The van der Waals surface area contributed by atoms with E-state index in [4.69, 9.17) is 4.74 Å². The molecular weight excluding hydrogens is 340 g/mol. The maximum Gasteiger partial charge on any atom is 0.191 e. The van der Waals surface area contributed by atoms with Gasteiger partial charge in [-0.25, -0.2) is 8.78 Å². The van der Waals surface area contributed by atoms with Crippen LogP contribution in [0.4, 0.5) is 8.78 Å². The molecule has 1 fully saturated rings. The lowest BCUT2D eigenvalue weighted by Crippen LogP contribution is -2.40. The summed E-state index contributed by atoms with van der Waals surface area (Å²) in [5, 5.41) is 15.8. The van der Waals surface area contributed by atoms with E-state index in [0.29, 0.717) is 38.7 Å². The van der Waals surface area contributed by atoms with Crippen molar-refractivity contribution in [2.45, 2.75) is 32.6 Å². The van der Waals surface area contributed by atoms with Gasteiger partial charge in [0.2, 0.25) is 0 Å². The summed E-state index contributed by atoms with van der Waals surface area (Å²) < 4.78 is 32.0. The van der Waals surface area contributed by atoms with Crippen LogP contribution in [0.1, 0.15) is 38.2 Å². The Bertz CT molecular complexity index is 604. The number of aliphatic hydroxyl groups is 1. The van der Waals surface area contributed by atoms with Crippen molar-refractivity contribution in [3.63, 3.8) is 0 Å². The van der Waals surface area contributed by atoms with Crippen molar-refractivity contribution in [1.82, 2.24) is 10.6 Å². The Labute approximate surface area is 153 Å². The van der Waals surface area contributed by atoms with Gasteiger partial charge in [-0.1, -0.05) is 13.0 Å². The lowest BCUT2D eigenvalue weighted by atomic mass is 9.84. The molecular formula is C19H29F2N3O2. The van der Waals surface area contributed by atoms with Gasteiger partial charge in [0.05, 0.1) is 13.2 Å². The third-order valence-electron chi connectivity index (χ3n) is 4.83. The molecule has 0 bridgehead atoms. The van der Waals surface area contributed by atoms with E-state index < -0.39 is 11.6 Å². The minimum absolute atomic E-state index is 0.00447. The third kappa shape index (κ3) is 5.64. The lowest BCUT2D eigenvalue weighted by molar-refractivity contribution is 0.131. The summed E-state index contributed by atoms with van der Waals surface area (Å²) in [7, 11) is 0. The molecule has 5 nitrogen and oxygen atoms in total. The molecule has 3 N–H and O–H groups in total. The normalized spacial score (nSPS) is 21.7. The molecule has 1 aliphatic rings. The zero-order valence-corrected chi connectivity index (χ0v) is 15.5. The van der Waals surface area contributed by atoms with Crippen molar-refractivity contribution < 1.29 is 18.6 Å². The molecule has 0 amide bonds. The van der Waals surface area contributed by atoms with E-state index in [1.54, 1.807) is 6.07 Å². The summed E-state index contributed by atoms with van der Waals surface area (Å²) in [5.41, 5.74) is 0.621. The second kappa shape index (κ2) is 9.83. The predicted octanol–water partition coefficient (Wildman–Crippen LogP) is 2.41. The SMILES string of the molecule is CCNC(=NCC1(CCO)CCOC1)NCC(C)c1ccc(F)c(F)c1.